The highest BCUT2D eigenvalue weighted by atomic mass is 79.9. The Morgan fingerprint density at radius 1 is 1.17 bits per heavy atom. The van der Waals surface area contributed by atoms with Gasteiger partial charge in [-0.15, -0.1) is 0 Å². The van der Waals surface area contributed by atoms with E-state index in [9.17, 15) is 8.42 Å². The van der Waals surface area contributed by atoms with Crippen LogP contribution in [0.3, 0.4) is 0 Å². The number of aryl methyl sites for hydroxylation is 1. The number of thiol groups is 1. The quantitative estimate of drug-likeness (QED) is 0.612. The maximum Gasteiger partial charge on any atom is 1.52 e. The average molecular weight is 260 g/mol. The van der Waals surface area contributed by atoms with Crippen LogP contribution in [-0.4, -0.2) is 28.0 Å². The van der Waals surface area contributed by atoms with E-state index in [1.54, 1.807) is 43.8 Å². The van der Waals surface area contributed by atoms with Crippen LogP contribution >= 0.6 is 12.9 Å². The van der Waals surface area contributed by atoms with Gasteiger partial charge in [-0.05, 0) is 19.1 Å². The molecule has 0 aliphatic carbocycles. The van der Waals surface area contributed by atoms with Crippen LogP contribution in [0.5, 0.6) is 0 Å². The van der Waals surface area contributed by atoms with Crippen molar-refractivity contribution in [2.24, 2.45) is 0 Å². The van der Waals surface area contributed by atoms with Gasteiger partial charge >= 0.3 is 32.4 Å². The second kappa shape index (κ2) is 6.88. The molecule has 0 aromatic heterocycles. The van der Waals surface area contributed by atoms with E-state index < -0.39 is 10.7 Å². The van der Waals surface area contributed by atoms with Crippen molar-refractivity contribution in [1.29, 1.82) is 0 Å². The first-order valence-electron chi connectivity index (χ1n) is 3.18. The molecule has 12 heavy (non-hydrogen) atoms. The minimum Gasteiger partial charge on any atom is -0.227 e. The summed E-state index contributed by atoms with van der Waals surface area (Å²) in [7, 11) is -2.41. The van der Waals surface area contributed by atoms with Gasteiger partial charge in [0.2, 0.25) is 0 Å². The molecule has 0 atom stereocenters. The topological polar surface area (TPSA) is 34.1 Å². The molecule has 0 unspecified atom stereocenters. The van der Waals surface area contributed by atoms with Gasteiger partial charge in [0.05, 0.1) is 4.90 Å². The van der Waals surface area contributed by atoms with Crippen molar-refractivity contribution in [1.82, 2.24) is 0 Å². The maximum atomic E-state index is 10.3. The van der Waals surface area contributed by atoms with E-state index >= 15 is 0 Å². The van der Waals surface area contributed by atoms with Crippen molar-refractivity contribution in [3.05, 3.63) is 29.8 Å². The predicted octanol–water partition coefficient (Wildman–Crippen LogP) is 1.43. The first-order valence-corrected chi connectivity index (χ1v) is 8.25. The third kappa shape index (κ3) is 4.44. The smallest absolute Gasteiger partial charge is 0.227 e. The van der Waals surface area contributed by atoms with E-state index in [-0.39, 0.29) is 0 Å². The van der Waals surface area contributed by atoms with E-state index in [1.165, 1.54) is 0 Å². The standard InChI is InChI=1S/C7H8O2S.BrH.Mg/c1-6-2-4-7(5-3-6)10(8)9;;/h2-5,10H,1H3;1H;/q;;+3/p-1. The van der Waals surface area contributed by atoms with Crippen molar-refractivity contribution in [2.75, 3.05) is 0 Å². The summed E-state index contributed by atoms with van der Waals surface area (Å²) in [5.74, 6) is 0. The summed E-state index contributed by atoms with van der Waals surface area (Å²) in [6.45, 7) is 1.92. The number of rotatable bonds is 1. The molecule has 0 aliphatic heterocycles. The predicted molar refractivity (Wildman–Crippen MR) is 54.4 cm³/mol. The van der Waals surface area contributed by atoms with Gasteiger partial charge in [-0.2, -0.15) is 0 Å². The lowest BCUT2D eigenvalue weighted by Crippen LogP contribution is -1.78. The zero-order valence-electron chi connectivity index (χ0n) is 6.66. The van der Waals surface area contributed by atoms with Gasteiger partial charge in [0, 0.05) is 0 Å². The lowest BCUT2D eigenvalue weighted by molar-refractivity contribution is 0.614. The lowest BCUT2D eigenvalue weighted by Gasteiger charge is -1.90. The molecule has 0 aliphatic rings. The molecule has 1 aromatic rings. The Bertz CT molecular complexity index is 287. The highest BCUT2D eigenvalue weighted by Crippen LogP contribution is 2.02. The number of benzene rings is 1. The number of hydrogen-bond donors (Lipinski definition) is 1. The third-order valence-electron chi connectivity index (χ3n) is 1.24. The Kier molecular flexibility index (Phi) is 7.12. The third-order valence-corrected chi connectivity index (χ3v) is 1.96. The molecule has 0 fully saturated rings. The molecule has 0 bridgehead atoms. The zero-order chi connectivity index (χ0) is 9.56. The summed E-state index contributed by atoms with van der Waals surface area (Å²) < 4.78 is 20.7. The Morgan fingerprint density at radius 2 is 1.58 bits per heavy atom. The molecule has 5 heteroatoms. The average Bonchev–Trinajstić information content (AvgIpc) is 2.09. The van der Waals surface area contributed by atoms with Gasteiger partial charge in [0.15, 0.2) is 10.7 Å². The number of hydrogen-bond acceptors (Lipinski definition) is 2. The van der Waals surface area contributed by atoms with Crippen LogP contribution in [0.25, 0.3) is 0 Å². The minimum atomic E-state index is -2.41. The van der Waals surface area contributed by atoms with E-state index in [2.05, 4.69) is 12.9 Å². The van der Waals surface area contributed by atoms with Crippen LogP contribution in [0.4, 0.5) is 0 Å². The summed E-state index contributed by atoms with van der Waals surface area (Å²) in [5.41, 5.74) is 1.07. The fraction of sp³-hybridized carbons (Fsp3) is 0.143. The van der Waals surface area contributed by atoms with Gasteiger partial charge in [0.1, 0.15) is 0 Å². The van der Waals surface area contributed by atoms with Crippen LogP contribution in [0.1, 0.15) is 5.56 Å². The lowest BCUT2D eigenvalue weighted by atomic mass is 10.2. The van der Waals surface area contributed by atoms with Gasteiger partial charge in [-0.1, -0.05) is 17.7 Å². The summed E-state index contributed by atoms with van der Waals surface area (Å²) in [4.78, 5) is 0.376. The van der Waals surface area contributed by atoms with Gasteiger partial charge in [-0.25, -0.2) is 8.42 Å². The molecular weight excluding hydrogens is 252 g/mol. The second-order valence-corrected chi connectivity index (χ2v) is 3.12. The van der Waals surface area contributed by atoms with Crippen molar-refractivity contribution in [3.8, 4) is 0 Å². The van der Waals surface area contributed by atoms with Crippen LogP contribution in [0.2, 0.25) is 0 Å². The Labute approximate surface area is 92.6 Å². The summed E-state index contributed by atoms with van der Waals surface area (Å²) in [6.07, 6.45) is 0. The van der Waals surface area contributed by atoms with Crippen molar-refractivity contribution < 1.29 is 8.42 Å². The van der Waals surface area contributed by atoms with Crippen LogP contribution in [0, 0.1) is 6.92 Å². The van der Waals surface area contributed by atoms with E-state index in [1.807, 2.05) is 6.92 Å². The summed E-state index contributed by atoms with van der Waals surface area (Å²) in [6, 6.07) is 6.75. The molecule has 61 valence electrons. The van der Waals surface area contributed by atoms with Crippen LogP contribution in [-0.2, 0) is 10.7 Å². The zero-order valence-corrected chi connectivity index (χ0v) is 10.6. The summed E-state index contributed by atoms with van der Waals surface area (Å²) in [5, 5.41) is 0. The largest absolute Gasteiger partial charge is 1.52 e. The fourth-order valence-corrected chi connectivity index (χ4v) is 1.06. The van der Waals surface area contributed by atoms with E-state index in [4.69, 9.17) is 0 Å². The second-order valence-electron chi connectivity index (χ2n) is 2.09. The Balaban J connectivity index is 0.000000561. The van der Waals surface area contributed by atoms with Crippen molar-refractivity contribution in [3.63, 3.8) is 0 Å². The molecule has 0 saturated heterocycles. The fourth-order valence-electron chi connectivity index (χ4n) is 0.666. The maximum absolute atomic E-state index is 10.3. The SMILES string of the molecule is Cc1ccc([SH](=O)=O)cc1.[Mg+2][Br]. The van der Waals surface area contributed by atoms with Gasteiger partial charge in [0.25, 0.3) is 0 Å². The molecule has 0 amide bonds. The van der Waals surface area contributed by atoms with Crippen molar-refractivity contribution >= 4 is 43.1 Å². The molecule has 7 radical (unpaired) electrons. The molecule has 0 N–H and O–H groups in total. The molecule has 0 heterocycles. The molecule has 0 saturated carbocycles. The van der Waals surface area contributed by atoms with E-state index in [0.29, 0.717) is 4.90 Å². The highest BCUT2D eigenvalue weighted by molar-refractivity contribution is 9.22. The molecule has 1 aromatic carbocycles. The highest BCUT2D eigenvalue weighted by Gasteiger charge is 2.13. The van der Waals surface area contributed by atoms with Gasteiger partial charge < -0.3 is 0 Å². The van der Waals surface area contributed by atoms with Crippen LogP contribution < -0.4 is 0 Å². The van der Waals surface area contributed by atoms with Gasteiger partial charge in [-0.3, -0.25) is 0 Å². The Hall–Kier alpha value is 0.416. The molecular formula is C7H8BrMgO2S+2. The molecule has 0 spiro atoms. The first-order chi connectivity index (χ1) is 5.70. The van der Waals surface area contributed by atoms with E-state index in [0.717, 1.165) is 5.56 Å². The molecule has 2 nitrogen and oxygen atoms in total. The molecule has 1 rings (SSSR count). The Morgan fingerprint density at radius 3 is 1.92 bits per heavy atom. The minimum absolute atomic E-state index is 0.376. The van der Waals surface area contributed by atoms with Crippen LogP contribution in [0.15, 0.2) is 29.2 Å². The normalized spacial score (nSPS) is 9.00. The van der Waals surface area contributed by atoms with Crippen molar-refractivity contribution in [2.45, 2.75) is 11.8 Å². The monoisotopic (exact) mass is 259 g/mol. The summed E-state index contributed by atoms with van der Waals surface area (Å²) >= 11 is 4.64. The number of halogens is 1. The first kappa shape index (κ1) is 12.4.